The second-order valence-electron chi connectivity index (χ2n) is 4.03. The summed E-state index contributed by atoms with van der Waals surface area (Å²) >= 11 is 3.36. The highest BCUT2D eigenvalue weighted by atomic mass is 79.9. The number of ether oxygens (including phenoxy) is 1. The molecule has 2 N–H and O–H groups in total. The van der Waals surface area contributed by atoms with Gasteiger partial charge in [-0.3, -0.25) is 4.98 Å². The van der Waals surface area contributed by atoms with Crippen molar-refractivity contribution >= 4 is 21.6 Å². The zero-order valence-electron chi connectivity index (χ0n) is 9.97. The molecule has 1 aromatic carbocycles. The summed E-state index contributed by atoms with van der Waals surface area (Å²) in [5.74, 6) is 0.793. The lowest BCUT2D eigenvalue weighted by atomic mass is 10.1. The molecular weight excluding hydrogens is 292 g/mol. The Hall–Kier alpha value is -1.55. The molecule has 2 rings (SSSR count). The first-order chi connectivity index (χ1) is 8.74. The van der Waals surface area contributed by atoms with Crippen LogP contribution in [0.1, 0.15) is 12.0 Å². The summed E-state index contributed by atoms with van der Waals surface area (Å²) in [6, 6.07) is 9.87. The van der Waals surface area contributed by atoms with Crippen molar-refractivity contribution in [1.82, 2.24) is 4.98 Å². The van der Waals surface area contributed by atoms with Crippen molar-refractivity contribution < 1.29 is 4.74 Å². The van der Waals surface area contributed by atoms with Gasteiger partial charge in [0.25, 0.3) is 0 Å². The van der Waals surface area contributed by atoms with Crippen LogP contribution in [-0.4, -0.2) is 11.6 Å². The van der Waals surface area contributed by atoms with Crippen LogP contribution in [0.15, 0.2) is 47.2 Å². The minimum Gasteiger partial charge on any atom is -0.492 e. The number of hydrogen-bond acceptors (Lipinski definition) is 3. The second-order valence-corrected chi connectivity index (χ2v) is 4.95. The van der Waals surface area contributed by atoms with Crippen molar-refractivity contribution in [3.63, 3.8) is 0 Å². The van der Waals surface area contributed by atoms with E-state index in [-0.39, 0.29) is 0 Å². The van der Waals surface area contributed by atoms with Crippen LogP contribution in [0, 0.1) is 0 Å². The van der Waals surface area contributed by atoms with Gasteiger partial charge in [0.15, 0.2) is 0 Å². The summed E-state index contributed by atoms with van der Waals surface area (Å²) in [5, 5.41) is 0. The molecule has 0 aliphatic rings. The monoisotopic (exact) mass is 306 g/mol. The Bertz CT molecular complexity index is 499. The first kappa shape index (κ1) is 12.9. The molecule has 4 heteroatoms. The number of rotatable bonds is 5. The molecule has 0 aliphatic heterocycles. The van der Waals surface area contributed by atoms with Crippen LogP contribution in [-0.2, 0) is 6.42 Å². The number of nitrogens with two attached hydrogens (primary N) is 1. The molecule has 2 aromatic rings. The molecule has 0 bridgehead atoms. The molecule has 0 saturated heterocycles. The Balaban J connectivity index is 1.74. The Morgan fingerprint density at radius 2 is 1.94 bits per heavy atom. The van der Waals surface area contributed by atoms with Crippen molar-refractivity contribution in [1.29, 1.82) is 0 Å². The molecule has 0 aliphatic carbocycles. The van der Waals surface area contributed by atoms with Gasteiger partial charge in [-0.2, -0.15) is 0 Å². The normalized spacial score (nSPS) is 10.3. The lowest BCUT2D eigenvalue weighted by Crippen LogP contribution is -1.99. The topological polar surface area (TPSA) is 48.1 Å². The van der Waals surface area contributed by atoms with Gasteiger partial charge >= 0.3 is 0 Å². The number of nitrogens with zero attached hydrogens (tertiary/aromatic N) is 1. The smallest absolute Gasteiger partial charge is 0.138 e. The van der Waals surface area contributed by atoms with Crippen molar-refractivity contribution in [3.8, 4) is 5.75 Å². The van der Waals surface area contributed by atoms with E-state index in [1.807, 2.05) is 18.2 Å². The quantitative estimate of drug-likeness (QED) is 0.680. The van der Waals surface area contributed by atoms with Gasteiger partial charge in [0.1, 0.15) is 5.75 Å². The number of nitrogen functional groups attached to an aromatic ring is 1. The van der Waals surface area contributed by atoms with E-state index in [0.717, 1.165) is 28.8 Å². The SMILES string of the molecule is Nc1ccc(CCCOc2cncc(Br)c2)cc1. The molecule has 1 aromatic heterocycles. The highest BCUT2D eigenvalue weighted by molar-refractivity contribution is 9.10. The Labute approximate surface area is 115 Å². The molecule has 1 heterocycles. The van der Waals surface area contributed by atoms with Gasteiger partial charge in [0.05, 0.1) is 12.8 Å². The zero-order valence-corrected chi connectivity index (χ0v) is 11.6. The lowest BCUT2D eigenvalue weighted by Gasteiger charge is -2.06. The predicted molar refractivity (Wildman–Crippen MR) is 76.6 cm³/mol. The van der Waals surface area contributed by atoms with Crippen LogP contribution in [0.4, 0.5) is 5.69 Å². The summed E-state index contributed by atoms with van der Waals surface area (Å²) in [6.07, 6.45) is 5.41. The Morgan fingerprint density at radius 3 is 2.67 bits per heavy atom. The summed E-state index contributed by atoms with van der Waals surface area (Å²) in [7, 11) is 0. The van der Waals surface area contributed by atoms with E-state index in [4.69, 9.17) is 10.5 Å². The molecule has 0 saturated carbocycles. The minimum atomic E-state index is 0.683. The van der Waals surface area contributed by atoms with E-state index in [1.54, 1.807) is 12.4 Å². The summed E-state index contributed by atoms with van der Waals surface area (Å²) in [6.45, 7) is 0.683. The molecule has 0 radical (unpaired) electrons. The maximum absolute atomic E-state index is 5.64. The Morgan fingerprint density at radius 1 is 1.17 bits per heavy atom. The fourth-order valence-electron chi connectivity index (χ4n) is 1.62. The van der Waals surface area contributed by atoms with E-state index in [2.05, 4.69) is 33.0 Å². The highest BCUT2D eigenvalue weighted by Crippen LogP contribution is 2.16. The van der Waals surface area contributed by atoms with Gasteiger partial charge in [0.2, 0.25) is 0 Å². The number of aryl methyl sites for hydroxylation is 1. The molecule has 94 valence electrons. The Kier molecular flexibility index (Phi) is 4.59. The third kappa shape index (κ3) is 4.04. The van der Waals surface area contributed by atoms with Crippen LogP contribution in [0.3, 0.4) is 0 Å². The number of aromatic nitrogens is 1. The van der Waals surface area contributed by atoms with E-state index in [0.29, 0.717) is 6.61 Å². The van der Waals surface area contributed by atoms with Gasteiger partial charge in [-0.25, -0.2) is 0 Å². The number of halogens is 1. The first-order valence-electron chi connectivity index (χ1n) is 5.82. The molecule has 0 unspecified atom stereocenters. The van der Waals surface area contributed by atoms with Crippen molar-refractivity contribution in [2.45, 2.75) is 12.8 Å². The number of hydrogen-bond donors (Lipinski definition) is 1. The fraction of sp³-hybridized carbons (Fsp3) is 0.214. The maximum Gasteiger partial charge on any atom is 0.138 e. The van der Waals surface area contributed by atoms with E-state index >= 15 is 0 Å². The molecule has 3 nitrogen and oxygen atoms in total. The van der Waals surface area contributed by atoms with Crippen molar-refractivity contribution in [2.75, 3.05) is 12.3 Å². The van der Waals surface area contributed by atoms with Crippen molar-refractivity contribution in [3.05, 3.63) is 52.8 Å². The van der Waals surface area contributed by atoms with E-state index < -0.39 is 0 Å². The highest BCUT2D eigenvalue weighted by Gasteiger charge is 1.97. The first-order valence-corrected chi connectivity index (χ1v) is 6.61. The van der Waals surface area contributed by atoms with Gasteiger partial charge in [-0.1, -0.05) is 12.1 Å². The number of benzene rings is 1. The fourth-order valence-corrected chi connectivity index (χ4v) is 1.97. The standard InChI is InChI=1S/C14H15BrN2O/c15-12-8-14(10-17-9-12)18-7-1-2-11-3-5-13(16)6-4-11/h3-6,8-10H,1-2,7,16H2. The van der Waals surface area contributed by atoms with Crippen LogP contribution < -0.4 is 10.5 Å². The molecule has 18 heavy (non-hydrogen) atoms. The van der Waals surface area contributed by atoms with Gasteiger partial charge in [0, 0.05) is 16.4 Å². The lowest BCUT2D eigenvalue weighted by molar-refractivity contribution is 0.309. The third-order valence-corrected chi connectivity index (χ3v) is 2.97. The molecular formula is C14H15BrN2O. The summed E-state index contributed by atoms with van der Waals surface area (Å²) < 4.78 is 6.54. The zero-order chi connectivity index (χ0) is 12.8. The van der Waals surface area contributed by atoms with Gasteiger partial charge in [-0.15, -0.1) is 0 Å². The molecule has 0 spiro atoms. The predicted octanol–water partition coefficient (Wildman–Crippen LogP) is 3.44. The van der Waals surface area contributed by atoms with E-state index in [9.17, 15) is 0 Å². The number of anilines is 1. The molecule has 0 fully saturated rings. The van der Waals surface area contributed by atoms with Crippen LogP contribution in [0.2, 0.25) is 0 Å². The summed E-state index contributed by atoms with van der Waals surface area (Å²) in [4.78, 5) is 4.05. The van der Waals surface area contributed by atoms with Crippen molar-refractivity contribution in [2.24, 2.45) is 0 Å². The maximum atomic E-state index is 5.64. The van der Waals surface area contributed by atoms with Crippen LogP contribution in [0.25, 0.3) is 0 Å². The molecule has 0 atom stereocenters. The average molecular weight is 307 g/mol. The van der Waals surface area contributed by atoms with Gasteiger partial charge < -0.3 is 10.5 Å². The van der Waals surface area contributed by atoms with E-state index in [1.165, 1.54) is 5.56 Å². The molecule has 0 amide bonds. The second kappa shape index (κ2) is 6.40. The third-order valence-electron chi connectivity index (χ3n) is 2.54. The number of pyridine rings is 1. The largest absolute Gasteiger partial charge is 0.492 e. The van der Waals surface area contributed by atoms with Crippen LogP contribution >= 0.6 is 15.9 Å². The van der Waals surface area contributed by atoms with Crippen LogP contribution in [0.5, 0.6) is 5.75 Å². The minimum absolute atomic E-state index is 0.683. The van der Waals surface area contributed by atoms with Gasteiger partial charge in [-0.05, 0) is 52.5 Å². The summed E-state index contributed by atoms with van der Waals surface area (Å²) in [5.41, 5.74) is 7.71. The average Bonchev–Trinajstić information content (AvgIpc) is 2.37.